The van der Waals surface area contributed by atoms with E-state index >= 15 is 0 Å². The summed E-state index contributed by atoms with van der Waals surface area (Å²) in [6, 6.07) is 13.1. The van der Waals surface area contributed by atoms with Gasteiger partial charge in [0.15, 0.2) is 0 Å². The number of hydrogen-bond acceptors (Lipinski definition) is 1. The number of nitrogens with zero attached hydrogens (tertiary/aromatic N) is 1. The standard InChI is InChI=1S/C18H16Cl2N2O/c1-11-14(13-5-3-4-6-17(13)22(11)2)10-18(23)21-16-8-7-12(19)9-15(16)20/h3-9H,10H2,1-2H3,(H,21,23). The minimum Gasteiger partial charge on any atom is -0.348 e. The Hall–Kier alpha value is -1.97. The van der Waals surface area contributed by atoms with Crippen molar-refractivity contribution in [1.29, 1.82) is 0 Å². The molecule has 1 heterocycles. The first-order valence-electron chi connectivity index (χ1n) is 7.25. The fourth-order valence-corrected chi connectivity index (χ4v) is 3.22. The van der Waals surface area contributed by atoms with Crippen LogP contribution in [-0.2, 0) is 18.3 Å². The number of para-hydroxylation sites is 1. The molecule has 0 fully saturated rings. The quantitative estimate of drug-likeness (QED) is 0.713. The van der Waals surface area contributed by atoms with Gasteiger partial charge < -0.3 is 9.88 Å². The van der Waals surface area contributed by atoms with Crippen molar-refractivity contribution >= 4 is 45.7 Å². The molecule has 2 aromatic carbocycles. The third-order valence-electron chi connectivity index (χ3n) is 4.07. The van der Waals surface area contributed by atoms with E-state index in [1.807, 2.05) is 32.2 Å². The zero-order valence-corrected chi connectivity index (χ0v) is 14.4. The Morgan fingerprint density at radius 3 is 2.65 bits per heavy atom. The maximum Gasteiger partial charge on any atom is 0.228 e. The first kappa shape index (κ1) is 15.9. The minimum atomic E-state index is -0.103. The summed E-state index contributed by atoms with van der Waals surface area (Å²) >= 11 is 12.0. The lowest BCUT2D eigenvalue weighted by Gasteiger charge is -2.08. The molecule has 0 saturated heterocycles. The van der Waals surface area contributed by atoms with Crippen LogP contribution < -0.4 is 5.32 Å². The molecule has 0 aliphatic rings. The van der Waals surface area contributed by atoms with Crippen LogP contribution in [0.3, 0.4) is 0 Å². The second kappa shape index (κ2) is 6.26. The average molecular weight is 347 g/mol. The van der Waals surface area contributed by atoms with Crippen LogP contribution in [0, 0.1) is 6.92 Å². The fraction of sp³-hybridized carbons (Fsp3) is 0.167. The first-order chi connectivity index (χ1) is 11.0. The second-order valence-corrected chi connectivity index (χ2v) is 6.33. The highest BCUT2D eigenvalue weighted by molar-refractivity contribution is 6.36. The van der Waals surface area contributed by atoms with Crippen LogP contribution in [-0.4, -0.2) is 10.5 Å². The summed E-state index contributed by atoms with van der Waals surface area (Å²) in [5, 5.41) is 4.92. The Bertz CT molecular complexity index is 899. The van der Waals surface area contributed by atoms with Gasteiger partial charge in [0.2, 0.25) is 5.91 Å². The molecule has 1 aromatic heterocycles. The third kappa shape index (κ3) is 3.07. The maximum atomic E-state index is 12.4. The van der Waals surface area contributed by atoms with E-state index in [9.17, 15) is 4.79 Å². The number of carbonyl (C=O) groups excluding carboxylic acids is 1. The summed E-state index contributed by atoms with van der Waals surface area (Å²) in [5.41, 5.74) is 3.81. The summed E-state index contributed by atoms with van der Waals surface area (Å²) in [4.78, 5) is 12.4. The molecule has 0 bridgehead atoms. The third-order valence-corrected chi connectivity index (χ3v) is 4.62. The zero-order valence-electron chi connectivity index (χ0n) is 12.9. The van der Waals surface area contributed by atoms with E-state index in [0.29, 0.717) is 22.2 Å². The van der Waals surface area contributed by atoms with Gasteiger partial charge >= 0.3 is 0 Å². The molecule has 0 spiro atoms. The summed E-state index contributed by atoms with van der Waals surface area (Å²) in [6.07, 6.45) is 0.298. The van der Waals surface area contributed by atoms with Crippen molar-refractivity contribution in [3.8, 4) is 0 Å². The molecular weight excluding hydrogens is 331 g/mol. The van der Waals surface area contributed by atoms with Crippen molar-refractivity contribution in [1.82, 2.24) is 4.57 Å². The number of aryl methyl sites for hydroxylation is 1. The predicted octanol–water partition coefficient (Wildman–Crippen LogP) is 4.97. The van der Waals surface area contributed by atoms with Gasteiger partial charge in [-0.05, 0) is 36.8 Å². The van der Waals surface area contributed by atoms with Crippen LogP contribution in [0.2, 0.25) is 10.0 Å². The number of fused-ring (bicyclic) bond motifs is 1. The van der Waals surface area contributed by atoms with Crippen LogP contribution in [0.25, 0.3) is 10.9 Å². The van der Waals surface area contributed by atoms with Crippen molar-refractivity contribution < 1.29 is 4.79 Å². The van der Waals surface area contributed by atoms with Crippen LogP contribution in [0.1, 0.15) is 11.3 Å². The second-order valence-electron chi connectivity index (χ2n) is 5.49. The van der Waals surface area contributed by atoms with Crippen LogP contribution in [0.4, 0.5) is 5.69 Å². The van der Waals surface area contributed by atoms with Gasteiger partial charge in [0.25, 0.3) is 0 Å². The van der Waals surface area contributed by atoms with Crippen molar-refractivity contribution in [2.24, 2.45) is 7.05 Å². The van der Waals surface area contributed by atoms with Crippen LogP contribution in [0.5, 0.6) is 0 Å². The van der Waals surface area contributed by atoms with Gasteiger partial charge in [-0.3, -0.25) is 4.79 Å². The van der Waals surface area contributed by atoms with Gasteiger partial charge in [-0.15, -0.1) is 0 Å². The molecule has 1 amide bonds. The molecule has 5 heteroatoms. The monoisotopic (exact) mass is 346 g/mol. The normalized spacial score (nSPS) is 11.0. The zero-order chi connectivity index (χ0) is 16.6. The lowest BCUT2D eigenvalue weighted by atomic mass is 10.1. The number of aromatic nitrogens is 1. The van der Waals surface area contributed by atoms with Gasteiger partial charge in [-0.2, -0.15) is 0 Å². The molecule has 0 aliphatic heterocycles. The molecular formula is C18H16Cl2N2O. The first-order valence-corrected chi connectivity index (χ1v) is 8.00. The molecule has 0 unspecified atom stereocenters. The van der Waals surface area contributed by atoms with E-state index in [2.05, 4.69) is 16.0 Å². The minimum absolute atomic E-state index is 0.103. The SMILES string of the molecule is Cc1c(CC(=O)Nc2ccc(Cl)cc2Cl)c2ccccc2n1C. The molecule has 3 nitrogen and oxygen atoms in total. The van der Waals surface area contributed by atoms with Crippen molar-refractivity contribution in [2.75, 3.05) is 5.32 Å². The summed E-state index contributed by atoms with van der Waals surface area (Å²) in [7, 11) is 2.01. The number of benzene rings is 2. The molecule has 3 rings (SSSR count). The molecule has 0 saturated carbocycles. The Morgan fingerprint density at radius 2 is 1.91 bits per heavy atom. The molecule has 0 aliphatic carbocycles. The lowest BCUT2D eigenvalue weighted by molar-refractivity contribution is -0.115. The van der Waals surface area contributed by atoms with E-state index in [1.165, 1.54) is 0 Å². The topological polar surface area (TPSA) is 34.0 Å². The highest BCUT2D eigenvalue weighted by Crippen LogP contribution is 2.27. The molecule has 0 radical (unpaired) electrons. The number of nitrogens with one attached hydrogen (secondary N) is 1. The molecule has 0 atom stereocenters. The molecule has 1 N–H and O–H groups in total. The fourth-order valence-electron chi connectivity index (χ4n) is 2.77. The molecule has 118 valence electrons. The lowest BCUT2D eigenvalue weighted by Crippen LogP contribution is -2.15. The van der Waals surface area contributed by atoms with Crippen molar-refractivity contribution in [3.63, 3.8) is 0 Å². The Balaban J connectivity index is 1.87. The van der Waals surface area contributed by atoms with Gasteiger partial charge in [-0.1, -0.05) is 41.4 Å². The number of rotatable bonds is 3. The van der Waals surface area contributed by atoms with E-state index < -0.39 is 0 Å². The number of halogens is 2. The van der Waals surface area contributed by atoms with E-state index in [0.717, 1.165) is 22.2 Å². The number of hydrogen-bond donors (Lipinski definition) is 1. The van der Waals surface area contributed by atoms with Gasteiger partial charge in [-0.25, -0.2) is 0 Å². The largest absolute Gasteiger partial charge is 0.348 e. The van der Waals surface area contributed by atoms with Gasteiger partial charge in [0.1, 0.15) is 0 Å². The summed E-state index contributed by atoms with van der Waals surface area (Å²) in [5.74, 6) is -0.103. The molecule has 3 aromatic rings. The highest BCUT2D eigenvalue weighted by Gasteiger charge is 2.15. The van der Waals surface area contributed by atoms with E-state index in [-0.39, 0.29) is 5.91 Å². The van der Waals surface area contributed by atoms with Gasteiger partial charge in [0, 0.05) is 28.7 Å². The van der Waals surface area contributed by atoms with Crippen LogP contribution in [0.15, 0.2) is 42.5 Å². The average Bonchev–Trinajstić information content (AvgIpc) is 2.76. The smallest absolute Gasteiger partial charge is 0.228 e. The number of amides is 1. The Kier molecular flexibility index (Phi) is 4.33. The number of carbonyl (C=O) groups is 1. The number of anilines is 1. The van der Waals surface area contributed by atoms with E-state index in [4.69, 9.17) is 23.2 Å². The van der Waals surface area contributed by atoms with Crippen LogP contribution >= 0.6 is 23.2 Å². The molecule has 23 heavy (non-hydrogen) atoms. The van der Waals surface area contributed by atoms with Gasteiger partial charge in [0.05, 0.1) is 17.1 Å². The maximum absolute atomic E-state index is 12.4. The van der Waals surface area contributed by atoms with E-state index in [1.54, 1.807) is 18.2 Å². The van der Waals surface area contributed by atoms with Crippen molar-refractivity contribution in [2.45, 2.75) is 13.3 Å². The Morgan fingerprint density at radius 1 is 1.17 bits per heavy atom. The predicted molar refractivity (Wildman–Crippen MR) is 96.5 cm³/mol. The summed E-state index contributed by atoms with van der Waals surface area (Å²) < 4.78 is 2.10. The summed E-state index contributed by atoms with van der Waals surface area (Å²) in [6.45, 7) is 2.03. The highest BCUT2D eigenvalue weighted by atomic mass is 35.5. The Labute approximate surface area is 144 Å². The van der Waals surface area contributed by atoms with Crippen molar-refractivity contribution in [3.05, 3.63) is 63.8 Å².